The van der Waals surface area contributed by atoms with E-state index in [4.69, 9.17) is 13.9 Å². The molecular weight excluding hydrogens is 288 g/mol. The Morgan fingerprint density at radius 2 is 1.50 bits per heavy atom. The van der Waals surface area contributed by atoms with Gasteiger partial charge in [0.1, 0.15) is 12.0 Å². The Hall–Kier alpha value is -1.41. The van der Waals surface area contributed by atoms with E-state index in [1.165, 1.54) is 6.26 Å². The van der Waals surface area contributed by atoms with Gasteiger partial charge in [0.05, 0.1) is 32.0 Å². The highest BCUT2D eigenvalue weighted by molar-refractivity contribution is 5.36. The third-order valence-corrected chi connectivity index (χ3v) is 4.13. The summed E-state index contributed by atoms with van der Waals surface area (Å²) < 4.78 is 15.7. The summed E-state index contributed by atoms with van der Waals surface area (Å²) >= 11 is 0. The molecule has 7 heteroatoms. The van der Waals surface area contributed by atoms with Gasteiger partial charge in [-0.05, 0) is 0 Å². The third-order valence-electron chi connectivity index (χ3n) is 4.13. The van der Waals surface area contributed by atoms with Gasteiger partial charge in [-0.1, -0.05) is 0 Å². The van der Waals surface area contributed by atoms with Crippen LogP contribution in [-0.2, 0) is 22.6 Å². The maximum Gasteiger partial charge on any atom is 0.343 e. The number of hydrogen-bond acceptors (Lipinski definition) is 7. The molecule has 2 saturated heterocycles. The van der Waals surface area contributed by atoms with Crippen LogP contribution in [0.2, 0.25) is 0 Å². The quantitative estimate of drug-likeness (QED) is 0.839. The van der Waals surface area contributed by atoms with E-state index in [1.807, 2.05) is 0 Å². The molecule has 1 aromatic rings. The van der Waals surface area contributed by atoms with Gasteiger partial charge in [0.2, 0.25) is 0 Å². The highest BCUT2D eigenvalue weighted by Gasteiger charge is 2.20. The molecule has 2 fully saturated rings. The van der Waals surface area contributed by atoms with Crippen LogP contribution < -0.4 is 5.63 Å². The lowest BCUT2D eigenvalue weighted by Crippen LogP contribution is -2.37. The van der Waals surface area contributed by atoms with Crippen molar-refractivity contribution in [2.45, 2.75) is 13.1 Å². The molecule has 2 aliphatic heterocycles. The molecule has 22 heavy (non-hydrogen) atoms. The Morgan fingerprint density at radius 3 is 2.09 bits per heavy atom. The van der Waals surface area contributed by atoms with Crippen molar-refractivity contribution in [3.05, 3.63) is 27.8 Å². The van der Waals surface area contributed by atoms with Gasteiger partial charge >= 0.3 is 5.63 Å². The fraction of sp³-hybridized carbons (Fsp3) is 0.667. The van der Waals surface area contributed by atoms with Crippen LogP contribution in [0.4, 0.5) is 0 Å². The number of ether oxygens (including phenoxy) is 2. The summed E-state index contributed by atoms with van der Waals surface area (Å²) in [5, 5.41) is 10.5. The minimum Gasteiger partial charge on any atom is -0.507 e. The Balaban J connectivity index is 1.74. The summed E-state index contributed by atoms with van der Waals surface area (Å²) in [5.41, 5.74) is 0.534. The number of aromatic hydroxyl groups is 1. The molecule has 0 spiro atoms. The monoisotopic (exact) mass is 310 g/mol. The number of morpholine rings is 2. The minimum absolute atomic E-state index is 0.0641. The van der Waals surface area contributed by atoms with E-state index in [1.54, 1.807) is 0 Å². The number of rotatable bonds is 4. The molecule has 0 aliphatic carbocycles. The van der Waals surface area contributed by atoms with E-state index in [0.29, 0.717) is 50.6 Å². The van der Waals surface area contributed by atoms with Crippen LogP contribution in [-0.4, -0.2) is 67.5 Å². The molecule has 3 heterocycles. The Kier molecular flexibility index (Phi) is 5.09. The van der Waals surface area contributed by atoms with Gasteiger partial charge in [-0.15, -0.1) is 0 Å². The van der Waals surface area contributed by atoms with Crippen molar-refractivity contribution in [1.29, 1.82) is 0 Å². The van der Waals surface area contributed by atoms with Crippen molar-refractivity contribution in [3.63, 3.8) is 0 Å². The van der Waals surface area contributed by atoms with E-state index in [-0.39, 0.29) is 5.75 Å². The first-order chi connectivity index (χ1) is 10.7. The number of hydrogen-bond donors (Lipinski definition) is 1. The van der Waals surface area contributed by atoms with Crippen LogP contribution in [0.5, 0.6) is 5.75 Å². The van der Waals surface area contributed by atoms with Gasteiger partial charge in [0, 0.05) is 44.8 Å². The van der Waals surface area contributed by atoms with Gasteiger partial charge in [-0.25, -0.2) is 4.79 Å². The van der Waals surface area contributed by atoms with E-state index >= 15 is 0 Å². The second-order valence-corrected chi connectivity index (χ2v) is 5.65. The smallest absolute Gasteiger partial charge is 0.343 e. The molecule has 3 rings (SSSR count). The lowest BCUT2D eigenvalue weighted by molar-refractivity contribution is 0.0320. The average Bonchev–Trinajstić information content (AvgIpc) is 2.56. The highest BCUT2D eigenvalue weighted by Crippen LogP contribution is 2.23. The zero-order valence-electron chi connectivity index (χ0n) is 12.6. The predicted molar refractivity (Wildman–Crippen MR) is 78.8 cm³/mol. The van der Waals surface area contributed by atoms with Gasteiger partial charge in [0.25, 0.3) is 0 Å². The molecule has 0 saturated carbocycles. The second-order valence-electron chi connectivity index (χ2n) is 5.65. The molecule has 1 aromatic heterocycles. The highest BCUT2D eigenvalue weighted by atomic mass is 16.5. The Bertz CT molecular complexity index is 547. The summed E-state index contributed by atoms with van der Waals surface area (Å²) in [6.07, 6.45) is 1.37. The molecule has 0 aromatic carbocycles. The minimum atomic E-state index is -0.463. The fourth-order valence-corrected chi connectivity index (χ4v) is 2.78. The second kappa shape index (κ2) is 7.23. The van der Waals surface area contributed by atoms with Crippen molar-refractivity contribution in [2.24, 2.45) is 0 Å². The molecule has 7 nitrogen and oxygen atoms in total. The van der Waals surface area contributed by atoms with Gasteiger partial charge in [0.15, 0.2) is 0 Å². The summed E-state index contributed by atoms with van der Waals surface area (Å²) in [7, 11) is 0. The Morgan fingerprint density at radius 1 is 0.955 bits per heavy atom. The summed E-state index contributed by atoms with van der Waals surface area (Å²) in [6.45, 7) is 6.80. The van der Waals surface area contributed by atoms with Crippen LogP contribution >= 0.6 is 0 Å². The molecule has 1 N–H and O–H groups in total. The maximum atomic E-state index is 11.9. The predicted octanol–water partition coefficient (Wildman–Crippen LogP) is 0.00980. The van der Waals surface area contributed by atoms with Crippen LogP contribution in [0.25, 0.3) is 0 Å². The van der Waals surface area contributed by atoms with Crippen molar-refractivity contribution >= 4 is 0 Å². The van der Waals surface area contributed by atoms with Crippen molar-refractivity contribution < 1.29 is 19.0 Å². The summed E-state index contributed by atoms with van der Waals surface area (Å²) in [6, 6.07) is 0. The zero-order valence-corrected chi connectivity index (χ0v) is 12.6. The van der Waals surface area contributed by atoms with Gasteiger partial charge < -0.3 is 19.0 Å². The van der Waals surface area contributed by atoms with Crippen LogP contribution in [0.1, 0.15) is 11.1 Å². The molecule has 0 atom stereocenters. The molecule has 2 aliphatic rings. The van der Waals surface area contributed by atoms with Crippen LogP contribution in [0.3, 0.4) is 0 Å². The van der Waals surface area contributed by atoms with Crippen molar-refractivity contribution in [1.82, 2.24) is 9.80 Å². The van der Waals surface area contributed by atoms with Crippen LogP contribution in [0.15, 0.2) is 15.5 Å². The first kappa shape index (κ1) is 15.5. The normalized spacial score (nSPS) is 21.1. The van der Waals surface area contributed by atoms with Crippen molar-refractivity contribution in [3.8, 4) is 5.75 Å². The van der Waals surface area contributed by atoms with Crippen molar-refractivity contribution in [2.75, 3.05) is 52.6 Å². The first-order valence-corrected chi connectivity index (χ1v) is 7.67. The third kappa shape index (κ3) is 3.67. The van der Waals surface area contributed by atoms with Gasteiger partial charge in [-0.2, -0.15) is 0 Å². The molecule has 0 unspecified atom stereocenters. The SMILES string of the molecule is O=c1occ(CN2CCOCC2)c(O)c1CN1CCOCC1. The van der Waals surface area contributed by atoms with Crippen LogP contribution in [0, 0.1) is 0 Å². The first-order valence-electron chi connectivity index (χ1n) is 7.67. The van der Waals surface area contributed by atoms with Gasteiger partial charge in [-0.3, -0.25) is 9.80 Å². The zero-order chi connectivity index (χ0) is 15.4. The molecule has 0 amide bonds. The van der Waals surface area contributed by atoms with E-state index in [9.17, 15) is 9.90 Å². The summed E-state index contributed by atoms with van der Waals surface area (Å²) in [4.78, 5) is 16.2. The molecule has 0 radical (unpaired) electrons. The molecule has 122 valence electrons. The topological polar surface area (TPSA) is 75.4 Å². The Labute approximate surface area is 129 Å². The molecular formula is C15H22N2O5. The number of nitrogens with zero attached hydrogens (tertiary/aromatic N) is 2. The largest absolute Gasteiger partial charge is 0.507 e. The van der Waals surface area contributed by atoms with E-state index in [0.717, 1.165) is 26.2 Å². The fourth-order valence-electron chi connectivity index (χ4n) is 2.78. The molecule has 0 bridgehead atoms. The maximum absolute atomic E-state index is 11.9. The average molecular weight is 310 g/mol. The standard InChI is InChI=1S/C15H22N2O5/c18-14-12(9-16-1-5-20-6-2-16)11-22-15(19)13(14)10-17-3-7-21-8-4-17/h11,18H,1-10H2. The lowest BCUT2D eigenvalue weighted by Gasteiger charge is -2.28. The van der Waals surface area contributed by atoms with E-state index in [2.05, 4.69) is 9.80 Å². The van der Waals surface area contributed by atoms with E-state index < -0.39 is 5.63 Å². The summed E-state index contributed by atoms with van der Waals surface area (Å²) in [5.74, 6) is 0.0641. The lowest BCUT2D eigenvalue weighted by atomic mass is 10.1.